The average molecular weight is 452 g/mol. The highest BCUT2D eigenvalue weighted by molar-refractivity contribution is 6.05. The van der Waals surface area contributed by atoms with Gasteiger partial charge < -0.3 is 0 Å². The molecule has 2 atom stereocenters. The quantitative estimate of drug-likeness (QED) is 0.458. The van der Waals surface area contributed by atoms with Gasteiger partial charge in [0.05, 0.1) is 11.9 Å². The Bertz CT molecular complexity index is 1340. The second kappa shape index (κ2) is 7.16. The number of nitrogens with zero attached hydrogens (tertiary/aromatic N) is 6. The molecule has 0 N–H and O–H groups in total. The van der Waals surface area contributed by atoms with Crippen LogP contribution in [0.5, 0.6) is 0 Å². The Balaban J connectivity index is 1.44. The number of aromatic nitrogens is 5. The van der Waals surface area contributed by atoms with Gasteiger partial charge in [-0.25, -0.2) is 14.2 Å². The number of carbonyl (C=O) groups excluding carboxylic acids is 1. The molecule has 1 fully saturated rings. The fourth-order valence-corrected chi connectivity index (χ4v) is 4.70. The van der Waals surface area contributed by atoms with Crippen molar-refractivity contribution in [3.05, 3.63) is 66.6 Å². The molecule has 1 aromatic carbocycles. The zero-order valence-corrected chi connectivity index (χ0v) is 17.4. The first kappa shape index (κ1) is 20.0. The standard InChI is InChI=1S/C23H19F3N6O/c24-23(25,26)19-13-18(15-6-7-15)30(21-9-11-28-32(19)21)22(33)16-12-20-27-10-8-17(31(20)29-16)14-4-2-1-3-5-14/h1-5,8-12,15,18-19H,6-7,13H2/t18-,19-/m0/s1. The van der Waals surface area contributed by atoms with Crippen LogP contribution in [0.4, 0.5) is 19.0 Å². The van der Waals surface area contributed by atoms with E-state index in [9.17, 15) is 18.0 Å². The predicted molar refractivity (Wildman–Crippen MR) is 114 cm³/mol. The maximum Gasteiger partial charge on any atom is 0.410 e. The van der Waals surface area contributed by atoms with Crippen molar-refractivity contribution in [1.82, 2.24) is 24.4 Å². The molecule has 1 aliphatic carbocycles. The summed E-state index contributed by atoms with van der Waals surface area (Å²) in [7, 11) is 0. The molecular weight excluding hydrogens is 433 g/mol. The van der Waals surface area contributed by atoms with Gasteiger partial charge in [-0.1, -0.05) is 30.3 Å². The lowest BCUT2D eigenvalue weighted by molar-refractivity contribution is -0.174. The molecular formula is C23H19F3N6O. The summed E-state index contributed by atoms with van der Waals surface area (Å²) in [6, 6.07) is 12.1. The first-order valence-corrected chi connectivity index (χ1v) is 10.8. The van der Waals surface area contributed by atoms with E-state index in [-0.39, 0.29) is 23.9 Å². The Morgan fingerprint density at radius 3 is 2.55 bits per heavy atom. The van der Waals surface area contributed by atoms with E-state index in [1.807, 2.05) is 30.3 Å². The molecule has 33 heavy (non-hydrogen) atoms. The Labute approximate surface area is 186 Å². The van der Waals surface area contributed by atoms with E-state index in [1.165, 1.54) is 17.2 Å². The molecule has 2 aliphatic rings. The summed E-state index contributed by atoms with van der Waals surface area (Å²) < 4.78 is 43.8. The monoisotopic (exact) mass is 452 g/mol. The number of fused-ring (bicyclic) bond motifs is 2. The summed E-state index contributed by atoms with van der Waals surface area (Å²) in [6.45, 7) is 0. The lowest BCUT2D eigenvalue weighted by atomic mass is 9.97. The van der Waals surface area contributed by atoms with Gasteiger partial charge in [0, 0.05) is 29.9 Å². The first-order valence-electron chi connectivity index (χ1n) is 10.8. The van der Waals surface area contributed by atoms with Crippen LogP contribution in [0.1, 0.15) is 35.8 Å². The summed E-state index contributed by atoms with van der Waals surface area (Å²) in [6.07, 6.45) is -0.0982. The molecule has 6 rings (SSSR count). The maximum atomic E-state index is 13.8. The van der Waals surface area contributed by atoms with Crippen LogP contribution in [0.3, 0.4) is 0 Å². The third kappa shape index (κ3) is 3.28. The zero-order chi connectivity index (χ0) is 22.7. The molecule has 1 amide bonds. The molecule has 1 saturated carbocycles. The maximum absolute atomic E-state index is 13.8. The molecule has 7 nitrogen and oxygen atoms in total. The van der Waals surface area contributed by atoms with E-state index in [0.717, 1.165) is 28.8 Å². The Morgan fingerprint density at radius 1 is 1.03 bits per heavy atom. The van der Waals surface area contributed by atoms with E-state index < -0.39 is 24.2 Å². The van der Waals surface area contributed by atoms with E-state index >= 15 is 0 Å². The number of hydrogen-bond acceptors (Lipinski definition) is 4. The highest BCUT2D eigenvalue weighted by atomic mass is 19.4. The fourth-order valence-electron chi connectivity index (χ4n) is 4.70. The average Bonchev–Trinajstić information content (AvgIpc) is 3.37. The van der Waals surface area contributed by atoms with Gasteiger partial charge in [0.25, 0.3) is 5.91 Å². The van der Waals surface area contributed by atoms with E-state index in [2.05, 4.69) is 15.2 Å². The summed E-state index contributed by atoms with van der Waals surface area (Å²) in [4.78, 5) is 19.5. The van der Waals surface area contributed by atoms with Gasteiger partial charge in [0.1, 0.15) is 5.82 Å². The van der Waals surface area contributed by atoms with Gasteiger partial charge in [-0.3, -0.25) is 9.69 Å². The second-order valence-corrected chi connectivity index (χ2v) is 8.50. The van der Waals surface area contributed by atoms with Gasteiger partial charge in [0.2, 0.25) is 0 Å². The normalized spacial score (nSPS) is 20.8. The van der Waals surface area contributed by atoms with Crippen molar-refractivity contribution in [3.63, 3.8) is 0 Å². The minimum absolute atomic E-state index is 0.0393. The first-order chi connectivity index (χ1) is 15.9. The third-order valence-corrected chi connectivity index (χ3v) is 6.40. The van der Waals surface area contributed by atoms with Crippen LogP contribution < -0.4 is 4.90 Å². The van der Waals surface area contributed by atoms with Crippen molar-refractivity contribution in [1.29, 1.82) is 0 Å². The zero-order valence-electron chi connectivity index (χ0n) is 17.4. The predicted octanol–water partition coefficient (Wildman–Crippen LogP) is 4.53. The molecule has 3 aromatic heterocycles. The number of hydrogen-bond donors (Lipinski definition) is 0. The minimum Gasteiger partial charge on any atom is -0.288 e. The summed E-state index contributed by atoms with van der Waals surface area (Å²) in [5.74, 6) is -0.255. The Morgan fingerprint density at radius 2 is 1.82 bits per heavy atom. The van der Waals surface area contributed by atoms with Crippen LogP contribution in [0.2, 0.25) is 0 Å². The lowest BCUT2D eigenvalue weighted by Crippen LogP contribution is -2.50. The minimum atomic E-state index is -4.44. The molecule has 168 valence electrons. The van der Waals surface area contributed by atoms with Crippen LogP contribution >= 0.6 is 0 Å². The van der Waals surface area contributed by atoms with Gasteiger partial charge in [-0.05, 0) is 31.2 Å². The number of anilines is 1. The van der Waals surface area contributed by atoms with Gasteiger partial charge in [-0.2, -0.15) is 23.4 Å². The summed E-state index contributed by atoms with van der Waals surface area (Å²) in [5.41, 5.74) is 2.29. The fraction of sp³-hybridized carbons (Fsp3) is 0.304. The van der Waals surface area contributed by atoms with E-state index in [1.54, 1.807) is 22.8 Å². The molecule has 0 spiro atoms. The molecule has 4 aromatic rings. The van der Waals surface area contributed by atoms with Crippen molar-refractivity contribution in [3.8, 4) is 11.3 Å². The van der Waals surface area contributed by atoms with Gasteiger partial charge in [0.15, 0.2) is 17.4 Å². The Kier molecular flexibility index (Phi) is 4.33. The number of amides is 1. The largest absolute Gasteiger partial charge is 0.410 e. The molecule has 0 radical (unpaired) electrons. The molecule has 4 heterocycles. The van der Waals surface area contributed by atoms with Crippen molar-refractivity contribution >= 4 is 17.4 Å². The number of benzene rings is 1. The van der Waals surface area contributed by atoms with Crippen LogP contribution in [0.25, 0.3) is 16.9 Å². The second-order valence-electron chi connectivity index (χ2n) is 8.50. The van der Waals surface area contributed by atoms with Crippen LogP contribution in [0, 0.1) is 5.92 Å². The summed E-state index contributed by atoms with van der Waals surface area (Å²) >= 11 is 0. The molecule has 0 bridgehead atoms. The van der Waals surface area contributed by atoms with Crippen molar-refractivity contribution in [2.24, 2.45) is 5.92 Å². The smallest absolute Gasteiger partial charge is 0.288 e. The Hall–Kier alpha value is -3.69. The number of rotatable bonds is 3. The highest BCUT2D eigenvalue weighted by Crippen LogP contribution is 2.48. The molecule has 10 heteroatoms. The van der Waals surface area contributed by atoms with Crippen molar-refractivity contribution in [2.45, 2.75) is 37.5 Å². The number of carbonyl (C=O) groups is 1. The van der Waals surface area contributed by atoms with Crippen molar-refractivity contribution < 1.29 is 18.0 Å². The van der Waals surface area contributed by atoms with Crippen LogP contribution in [-0.4, -0.2) is 42.5 Å². The number of alkyl halides is 3. The van der Waals surface area contributed by atoms with Gasteiger partial charge in [-0.15, -0.1) is 0 Å². The third-order valence-electron chi connectivity index (χ3n) is 6.40. The lowest BCUT2D eigenvalue weighted by Gasteiger charge is -2.40. The van der Waals surface area contributed by atoms with Crippen LogP contribution in [-0.2, 0) is 0 Å². The number of halogens is 3. The molecule has 0 saturated heterocycles. The van der Waals surface area contributed by atoms with E-state index in [0.29, 0.717) is 5.65 Å². The van der Waals surface area contributed by atoms with Gasteiger partial charge >= 0.3 is 6.18 Å². The SMILES string of the molecule is O=C(c1cc2nccc(-c3ccccc3)n2n1)N1c2ccnn2[C@H](C(F)(F)F)C[C@H]1C1CC1. The van der Waals surface area contributed by atoms with Crippen molar-refractivity contribution in [2.75, 3.05) is 4.90 Å². The topological polar surface area (TPSA) is 68.3 Å². The summed E-state index contributed by atoms with van der Waals surface area (Å²) in [5, 5.41) is 8.42. The molecule has 0 unspecified atom stereocenters. The molecule has 1 aliphatic heterocycles. The van der Waals surface area contributed by atoms with Crippen LogP contribution in [0.15, 0.2) is 60.9 Å². The van der Waals surface area contributed by atoms with E-state index in [4.69, 9.17) is 0 Å². The highest BCUT2D eigenvalue weighted by Gasteiger charge is 2.52.